The number of aromatic nitrogens is 2. The zero-order valence-corrected chi connectivity index (χ0v) is 15.5. The Morgan fingerprint density at radius 3 is 3.00 bits per heavy atom. The van der Waals surface area contributed by atoms with Gasteiger partial charge in [0.25, 0.3) is 5.91 Å². The molecule has 5 rings (SSSR count). The van der Waals surface area contributed by atoms with Gasteiger partial charge in [0, 0.05) is 33.2 Å². The monoisotopic (exact) mass is 367 g/mol. The lowest BCUT2D eigenvalue weighted by molar-refractivity contribution is 0.0645. The number of carbonyl (C=O) groups is 1. The number of carbonyl (C=O) groups excluding carboxylic acids is 1. The molecule has 1 saturated carbocycles. The summed E-state index contributed by atoms with van der Waals surface area (Å²) in [6.45, 7) is 0. The standard InChI is InChI=1S/C20H21N3O2S/c1-25-15-5-6-16-17(11-26-19(16)9-15)20(24)23(13-2-3-13)14-4-7-18-12(8-14)10-21-22-18/h5-6,9-11,13-14H,2-4,7-8H2,1H3,(H,21,22). The molecule has 0 spiro atoms. The van der Waals surface area contributed by atoms with E-state index in [1.54, 1.807) is 18.4 Å². The van der Waals surface area contributed by atoms with Gasteiger partial charge in [-0.25, -0.2) is 0 Å². The summed E-state index contributed by atoms with van der Waals surface area (Å²) in [4.78, 5) is 15.7. The van der Waals surface area contributed by atoms with Crippen LogP contribution in [0.3, 0.4) is 0 Å². The SMILES string of the molecule is COc1ccc2c(C(=O)N(C3CC3)C3CCc4[nH]ncc4C3)csc2c1. The van der Waals surface area contributed by atoms with Crippen molar-refractivity contribution in [1.82, 2.24) is 15.1 Å². The number of methoxy groups -OCH3 is 1. The molecule has 5 nitrogen and oxygen atoms in total. The summed E-state index contributed by atoms with van der Waals surface area (Å²) in [5.74, 6) is 1.01. The minimum atomic E-state index is 0.181. The number of nitrogens with zero attached hydrogens (tertiary/aromatic N) is 2. The summed E-state index contributed by atoms with van der Waals surface area (Å²) in [7, 11) is 1.67. The van der Waals surface area contributed by atoms with Crippen LogP contribution in [0.5, 0.6) is 5.75 Å². The number of rotatable bonds is 4. The second-order valence-corrected chi connectivity index (χ2v) is 8.14. The van der Waals surface area contributed by atoms with E-state index in [-0.39, 0.29) is 11.9 Å². The summed E-state index contributed by atoms with van der Waals surface area (Å²) in [5, 5.41) is 10.3. The van der Waals surface area contributed by atoms with Gasteiger partial charge < -0.3 is 9.64 Å². The van der Waals surface area contributed by atoms with Gasteiger partial charge in [-0.3, -0.25) is 9.89 Å². The number of benzene rings is 1. The molecule has 1 fully saturated rings. The van der Waals surface area contributed by atoms with E-state index in [1.165, 1.54) is 11.3 Å². The molecule has 1 N–H and O–H groups in total. The van der Waals surface area contributed by atoms with Crippen LogP contribution in [-0.4, -0.2) is 40.2 Å². The van der Waals surface area contributed by atoms with Crippen LogP contribution in [0.15, 0.2) is 29.8 Å². The largest absolute Gasteiger partial charge is 0.497 e. The first-order valence-corrected chi connectivity index (χ1v) is 10.0. The van der Waals surface area contributed by atoms with Gasteiger partial charge in [-0.15, -0.1) is 11.3 Å². The van der Waals surface area contributed by atoms with Gasteiger partial charge in [-0.1, -0.05) is 0 Å². The van der Waals surface area contributed by atoms with Gasteiger partial charge in [-0.2, -0.15) is 5.10 Å². The number of amides is 1. The van der Waals surface area contributed by atoms with E-state index >= 15 is 0 Å². The number of hydrogen-bond donors (Lipinski definition) is 1. The Bertz CT molecular complexity index is 973. The first-order chi connectivity index (χ1) is 12.7. The highest BCUT2D eigenvalue weighted by Crippen LogP contribution is 2.37. The van der Waals surface area contributed by atoms with Crippen molar-refractivity contribution in [3.8, 4) is 5.75 Å². The Kier molecular flexibility index (Phi) is 3.74. The van der Waals surface area contributed by atoms with Crippen molar-refractivity contribution < 1.29 is 9.53 Å². The molecule has 0 saturated heterocycles. The predicted molar refractivity (Wildman–Crippen MR) is 102 cm³/mol. The second kappa shape index (κ2) is 6.13. The Morgan fingerprint density at radius 1 is 1.31 bits per heavy atom. The van der Waals surface area contributed by atoms with Crippen LogP contribution < -0.4 is 4.74 Å². The van der Waals surface area contributed by atoms with Crippen LogP contribution in [0.25, 0.3) is 10.1 Å². The number of fused-ring (bicyclic) bond motifs is 2. The van der Waals surface area contributed by atoms with E-state index in [0.29, 0.717) is 6.04 Å². The third kappa shape index (κ3) is 2.60. The van der Waals surface area contributed by atoms with Gasteiger partial charge in [-0.05, 0) is 55.9 Å². The number of thiophene rings is 1. The number of hydrogen-bond acceptors (Lipinski definition) is 4. The molecule has 26 heavy (non-hydrogen) atoms. The van der Waals surface area contributed by atoms with Crippen molar-refractivity contribution in [2.75, 3.05) is 7.11 Å². The molecule has 1 amide bonds. The van der Waals surface area contributed by atoms with E-state index in [9.17, 15) is 4.79 Å². The zero-order valence-electron chi connectivity index (χ0n) is 14.7. The molecule has 134 valence electrons. The third-order valence-corrected chi connectivity index (χ3v) is 6.52. The highest BCUT2D eigenvalue weighted by atomic mass is 32.1. The molecule has 0 radical (unpaired) electrons. The maximum absolute atomic E-state index is 13.5. The molecule has 2 heterocycles. The topological polar surface area (TPSA) is 58.2 Å². The van der Waals surface area contributed by atoms with Crippen molar-refractivity contribution in [3.63, 3.8) is 0 Å². The van der Waals surface area contributed by atoms with Crippen LogP contribution in [0.4, 0.5) is 0 Å². The Balaban J connectivity index is 1.47. The van der Waals surface area contributed by atoms with Crippen molar-refractivity contribution in [3.05, 3.63) is 46.6 Å². The molecule has 0 bridgehead atoms. The molecular weight excluding hydrogens is 346 g/mol. The molecule has 1 unspecified atom stereocenters. The second-order valence-electron chi connectivity index (χ2n) is 7.23. The van der Waals surface area contributed by atoms with E-state index in [4.69, 9.17) is 4.74 Å². The fourth-order valence-electron chi connectivity index (χ4n) is 4.06. The molecule has 0 aliphatic heterocycles. The summed E-state index contributed by atoms with van der Waals surface area (Å²) in [6, 6.07) is 6.63. The van der Waals surface area contributed by atoms with Gasteiger partial charge in [0.05, 0.1) is 18.9 Å². The minimum Gasteiger partial charge on any atom is -0.497 e. The first-order valence-electron chi connectivity index (χ1n) is 9.13. The number of aromatic amines is 1. The van der Waals surface area contributed by atoms with Gasteiger partial charge >= 0.3 is 0 Å². The van der Waals surface area contributed by atoms with E-state index in [0.717, 1.165) is 53.5 Å². The van der Waals surface area contributed by atoms with Crippen molar-refractivity contribution in [1.29, 1.82) is 0 Å². The first kappa shape index (κ1) is 15.9. The highest BCUT2D eigenvalue weighted by molar-refractivity contribution is 7.17. The Labute approximate surface area is 156 Å². The molecule has 3 aromatic rings. The smallest absolute Gasteiger partial charge is 0.255 e. The summed E-state index contributed by atoms with van der Waals surface area (Å²) in [6.07, 6.45) is 7.05. The highest BCUT2D eigenvalue weighted by Gasteiger charge is 2.39. The number of H-pyrrole nitrogens is 1. The number of ether oxygens (including phenoxy) is 1. The molecule has 2 aliphatic rings. The molecule has 1 aromatic carbocycles. The molecule has 2 aliphatic carbocycles. The normalized spacial score (nSPS) is 19.3. The molecular formula is C20H21N3O2S. The predicted octanol–water partition coefficient (Wildman–Crippen LogP) is 3.80. The quantitative estimate of drug-likeness (QED) is 0.763. The lowest BCUT2D eigenvalue weighted by Crippen LogP contribution is -2.44. The van der Waals surface area contributed by atoms with E-state index in [2.05, 4.69) is 15.1 Å². The summed E-state index contributed by atoms with van der Waals surface area (Å²) >= 11 is 1.62. The van der Waals surface area contributed by atoms with Crippen molar-refractivity contribution in [2.45, 2.75) is 44.2 Å². The van der Waals surface area contributed by atoms with E-state index < -0.39 is 0 Å². The lowest BCUT2D eigenvalue weighted by atomic mass is 9.91. The van der Waals surface area contributed by atoms with Crippen LogP contribution in [0.1, 0.15) is 40.9 Å². The van der Waals surface area contributed by atoms with Crippen molar-refractivity contribution in [2.24, 2.45) is 0 Å². The van der Waals surface area contributed by atoms with Crippen LogP contribution in [0.2, 0.25) is 0 Å². The molecule has 1 atom stereocenters. The Morgan fingerprint density at radius 2 is 2.19 bits per heavy atom. The maximum Gasteiger partial charge on any atom is 0.255 e. The summed E-state index contributed by atoms with van der Waals surface area (Å²) in [5.41, 5.74) is 3.33. The van der Waals surface area contributed by atoms with Crippen LogP contribution >= 0.6 is 11.3 Å². The Hall–Kier alpha value is -2.34. The molecule has 2 aromatic heterocycles. The number of aryl methyl sites for hydroxylation is 1. The van der Waals surface area contributed by atoms with Gasteiger partial charge in [0.2, 0.25) is 0 Å². The zero-order chi connectivity index (χ0) is 17.7. The number of nitrogens with one attached hydrogen (secondary N) is 1. The fourth-order valence-corrected chi connectivity index (χ4v) is 5.02. The van der Waals surface area contributed by atoms with Gasteiger partial charge in [0.15, 0.2) is 0 Å². The average molecular weight is 367 g/mol. The van der Waals surface area contributed by atoms with Crippen molar-refractivity contribution >= 4 is 27.3 Å². The average Bonchev–Trinajstić information content (AvgIpc) is 3.22. The maximum atomic E-state index is 13.5. The van der Waals surface area contributed by atoms with Crippen LogP contribution in [-0.2, 0) is 12.8 Å². The van der Waals surface area contributed by atoms with E-state index in [1.807, 2.05) is 29.8 Å². The summed E-state index contributed by atoms with van der Waals surface area (Å²) < 4.78 is 6.41. The lowest BCUT2D eigenvalue weighted by Gasteiger charge is -2.34. The third-order valence-electron chi connectivity index (χ3n) is 5.57. The fraction of sp³-hybridized carbons (Fsp3) is 0.400. The van der Waals surface area contributed by atoms with Gasteiger partial charge in [0.1, 0.15) is 5.75 Å². The van der Waals surface area contributed by atoms with Crippen LogP contribution in [0, 0.1) is 0 Å². The minimum absolute atomic E-state index is 0.181. The molecule has 6 heteroatoms.